The number of fused-ring (bicyclic) bond motifs is 1. The number of aromatic nitrogens is 2. The lowest BCUT2D eigenvalue weighted by molar-refractivity contribution is 0.900. The lowest BCUT2D eigenvalue weighted by Gasteiger charge is -2.11. The lowest BCUT2D eigenvalue weighted by Crippen LogP contribution is -2.06. The summed E-state index contributed by atoms with van der Waals surface area (Å²) in [5.74, 6) is 1.70. The minimum atomic E-state index is 0.697. The molecule has 1 aliphatic carbocycles. The molecule has 3 nitrogen and oxygen atoms in total. The third-order valence-corrected chi connectivity index (χ3v) is 3.72. The maximum absolute atomic E-state index is 6.24. The number of benzene rings is 1. The lowest BCUT2D eigenvalue weighted by atomic mass is 10.2. The van der Waals surface area contributed by atoms with Gasteiger partial charge >= 0.3 is 0 Å². The Morgan fingerprint density at radius 3 is 2.84 bits per heavy atom. The van der Waals surface area contributed by atoms with Crippen LogP contribution in [0, 0.1) is 0 Å². The quantitative estimate of drug-likeness (QED) is 0.926. The van der Waals surface area contributed by atoms with Crippen LogP contribution in [-0.2, 0) is 12.8 Å². The van der Waals surface area contributed by atoms with Gasteiger partial charge in [0.15, 0.2) is 5.82 Å². The molecule has 0 saturated heterocycles. The summed E-state index contributed by atoms with van der Waals surface area (Å²) < 4.78 is 0. The Morgan fingerprint density at radius 1 is 1.21 bits per heavy atom. The zero-order valence-electron chi connectivity index (χ0n) is 10.9. The summed E-state index contributed by atoms with van der Waals surface area (Å²) in [7, 11) is 0. The van der Waals surface area contributed by atoms with Crippen molar-refractivity contribution in [1.29, 1.82) is 0 Å². The van der Waals surface area contributed by atoms with E-state index < -0.39 is 0 Å². The number of nitrogens with zero attached hydrogens (tertiary/aromatic N) is 2. The molecule has 0 unspecified atom stereocenters. The molecule has 1 aromatic carbocycles. The van der Waals surface area contributed by atoms with Gasteiger partial charge in [-0.05, 0) is 38.3 Å². The van der Waals surface area contributed by atoms with E-state index in [4.69, 9.17) is 16.6 Å². The standard InChI is InChI=1S/C15H16ClN3/c1-2-17-14-11-7-5-9-13(11)18-15(19-14)10-6-3-4-8-12(10)16/h3-4,6,8H,2,5,7,9H2,1H3,(H,17,18,19). The van der Waals surface area contributed by atoms with Gasteiger partial charge in [-0.1, -0.05) is 23.7 Å². The van der Waals surface area contributed by atoms with Gasteiger partial charge in [-0.15, -0.1) is 0 Å². The molecule has 1 aliphatic rings. The third kappa shape index (κ3) is 2.30. The predicted molar refractivity (Wildman–Crippen MR) is 78.7 cm³/mol. The molecular weight excluding hydrogens is 258 g/mol. The molecule has 1 heterocycles. The maximum atomic E-state index is 6.24. The largest absolute Gasteiger partial charge is 0.370 e. The van der Waals surface area contributed by atoms with Crippen LogP contribution in [0.3, 0.4) is 0 Å². The van der Waals surface area contributed by atoms with Gasteiger partial charge in [-0.2, -0.15) is 0 Å². The molecule has 1 aromatic heterocycles. The van der Waals surface area contributed by atoms with Crippen molar-refractivity contribution >= 4 is 17.4 Å². The fraction of sp³-hybridized carbons (Fsp3) is 0.333. The van der Waals surface area contributed by atoms with Crippen LogP contribution in [0.4, 0.5) is 5.82 Å². The van der Waals surface area contributed by atoms with Crippen molar-refractivity contribution in [2.45, 2.75) is 26.2 Å². The molecule has 0 fully saturated rings. The molecular formula is C15H16ClN3. The van der Waals surface area contributed by atoms with E-state index in [0.717, 1.165) is 43.0 Å². The molecule has 98 valence electrons. The van der Waals surface area contributed by atoms with Crippen molar-refractivity contribution in [3.63, 3.8) is 0 Å². The molecule has 0 saturated carbocycles. The summed E-state index contributed by atoms with van der Waals surface area (Å²) in [5.41, 5.74) is 3.34. The average Bonchev–Trinajstić information content (AvgIpc) is 2.88. The van der Waals surface area contributed by atoms with E-state index in [-0.39, 0.29) is 0 Å². The first kappa shape index (κ1) is 12.4. The number of hydrogen-bond acceptors (Lipinski definition) is 3. The molecule has 3 rings (SSSR count). The van der Waals surface area contributed by atoms with Crippen LogP contribution in [0.5, 0.6) is 0 Å². The molecule has 4 heteroatoms. The molecule has 0 radical (unpaired) electrons. The highest BCUT2D eigenvalue weighted by Gasteiger charge is 2.20. The van der Waals surface area contributed by atoms with Gasteiger partial charge in [0.25, 0.3) is 0 Å². The SMILES string of the molecule is CCNc1nc(-c2ccccc2Cl)nc2c1CCC2. The molecule has 0 spiro atoms. The Kier molecular flexibility index (Phi) is 3.38. The molecule has 1 N–H and O–H groups in total. The van der Waals surface area contributed by atoms with Gasteiger partial charge in [-0.3, -0.25) is 0 Å². The average molecular weight is 274 g/mol. The van der Waals surface area contributed by atoms with Crippen LogP contribution in [0.2, 0.25) is 5.02 Å². The number of nitrogens with one attached hydrogen (secondary N) is 1. The van der Waals surface area contributed by atoms with Crippen LogP contribution in [-0.4, -0.2) is 16.5 Å². The van der Waals surface area contributed by atoms with E-state index in [0.29, 0.717) is 5.02 Å². The second-order valence-corrected chi connectivity index (χ2v) is 5.09. The smallest absolute Gasteiger partial charge is 0.163 e. The van der Waals surface area contributed by atoms with E-state index in [9.17, 15) is 0 Å². The van der Waals surface area contributed by atoms with Gasteiger partial charge in [0.1, 0.15) is 5.82 Å². The fourth-order valence-corrected chi connectivity index (χ4v) is 2.73. The van der Waals surface area contributed by atoms with Gasteiger partial charge in [0.2, 0.25) is 0 Å². The monoisotopic (exact) mass is 273 g/mol. The first-order chi connectivity index (χ1) is 9.29. The molecule has 0 atom stereocenters. The summed E-state index contributed by atoms with van der Waals surface area (Å²) in [6.45, 7) is 2.95. The van der Waals surface area contributed by atoms with E-state index in [1.807, 2.05) is 24.3 Å². The highest BCUT2D eigenvalue weighted by atomic mass is 35.5. The number of aryl methyl sites for hydroxylation is 1. The summed E-state index contributed by atoms with van der Waals surface area (Å²) in [6.07, 6.45) is 3.27. The van der Waals surface area contributed by atoms with E-state index in [1.165, 1.54) is 11.3 Å². The fourth-order valence-electron chi connectivity index (χ4n) is 2.51. The second kappa shape index (κ2) is 5.17. The van der Waals surface area contributed by atoms with Crippen LogP contribution in [0.15, 0.2) is 24.3 Å². The Labute approximate surface area is 118 Å². The van der Waals surface area contributed by atoms with Crippen LogP contribution >= 0.6 is 11.6 Å². The number of hydrogen-bond donors (Lipinski definition) is 1. The highest BCUT2D eigenvalue weighted by molar-refractivity contribution is 6.33. The van der Waals surface area contributed by atoms with Crippen molar-refractivity contribution in [2.24, 2.45) is 0 Å². The summed E-state index contributed by atoms with van der Waals surface area (Å²) in [6, 6.07) is 7.73. The van der Waals surface area contributed by atoms with Crippen molar-refractivity contribution in [1.82, 2.24) is 9.97 Å². The minimum absolute atomic E-state index is 0.697. The normalized spacial score (nSPS) is 13.4. The van der Waals surface area contributed by atoms with Crippen molar-refractivity contribution < 1.29 is 0 Å². The Morgan fingerprint density at radius 2 is 2.05 bits per heavy atom. The number of anilines is 1. The maximum Gasteiger partial charge on any atom is 0.163 e. The second-order valence-electron chi connectivity index (χ2n) is 4.68. The molecule has 2 aromatic rings. The van der Waals surface area contributed by atoms with Crippen molar-refractivity contribution in [2.75, 3.05) is 11.9 Å². The number of rotatable bonds is 3. The molecule has 0 amide bonds. The van der Waals surface area contributed by atoms with Crippen LogP contribution in [0.25, 0.3) is 11.4 Å². The topological polar surface area (TPSA) is 37.8 Å². The van der Waals surface area contributed by atoms with Gasteiger partial charge < -0.3 is 5.32 Å². The zero-order valence-corrected chi connectivity index (χ0v) is 11.7. The number of halogens is 1. The Hall–Kier alpha value is -1.61. The van der Waals surface area contributed by atoms with E-state index in [1.54, 1.807) is 0 Å². The first-order valence-electron chi connectivity index (χ1n) is 6.68. The Bertz CT molecular complexity index is 610. The summed E-state index contributed by atoms with van der Waals surface area (Å²) >= 11 is 6.24. The minimum Gasteiger partial charge on any atom is -0.370 e. The van der Waals surface area contributed by atoms with Crippen molar-refractivity contribution in [3.8, 4) is 11.4 Å². The molecule has 0 bridgehead atoms. The first-order valence-corrected chi connectivity index (χ1v) is 7.06. The van der Waals surface area contributed by atoms with Gasteiger partial charge in [0, 0.05) is 23.4 Å². The van der Waals surface area contributed by atoms with Crippen molar-refractivity contribution in [3.05, 3.63) is 40.5 Å². The molecule has 0 aliphatic heterocycles. The third-order valence-electron chi connectivity index (χ3n) is 3.39. The summed E-state index contributed by atoms with van der Waals surface area (Å²) in [4.78, 5) is 9.35. The van der Waals surface area contributed by atoms with Crippen LogP contribution in [0.1, 0.15) is 24.6 Å². The zero-order chi connectivity index (χ0) is 13.2. The Balaban J connectivity index is 2.13. The summed E-state index contributed by atoms with van der Waals surface area (Å²) in [5, 5.41) is 4.04. The predicted octanol–water partition coefficient (Wildman–Crippen LogP) is 3.72. The highest BCUT2D eigenvalue weighted by Crippen LogP contribution is 2.31. The molecule has 19 heavy (non-hydrogen) atoms. The van der Waals surface area contributed by atoms with E-state index >= 15 is 0 Å². The van der Waals surface area contributed by atoms with Crippen LogP contribution < -0.4 is 5.32 Å². The van der Waals surface area contributed by atoms with E-state index in [2.05, 4.69) is 17.2 Å². The van der Waals surface area contributed by atoms with Gasteiger partial charge in [-0.25, -0.2) is 9.97 Å². The van der Waals surface area contributed by atoms with Gasteiger partial charge in [0.05, 0.1) is 5.02 Å².